The summed E-state index contributed by atoms with van der Waals surface area (Å²) in [4.78, 5) is 10.5. The number of aliphatic hydroxyl groups is 1. The highest BCUT2D eigenvalue weighted by Crippen LogP contribution is 2.00. The fraction of sp³-hybridized carbons (Fsp3) is 0.667. The number of ether oxygens (including phenoxy) is 1. The predicted octanol–water partition coefficient (Wildman–Crippen LogP) is 1.27. The summed E-state index contributed by atoms with van der Waals surface area (Å²) in [7, 11) is 0. The summed E-state index contributed by atoms with van der Waals surface area (Å²) in [5.74, 6) is -0.382. The van der Waals surface area contributed by atoms with Crippen molar-refractivity contribution < 1.29 is 14.6 Å². The van der Waals surface area contributed by atoms with Gasteiger partial charge in [-0.05, 0) is 26.2 Å². The van der Waals surface area contributed by atoms with Crippen molar-refractivity contribution in [1.29, 1.82) is 0 Å². The van der Waals surface area contributed by atoms with Gasteiger partial charge in [-0.3, -0.25) is 0 Å². The third-order valence-electron chi connectivity index (χ3n) is 1.43. The summed E-state index contributed by atoms with van der Waals surface area (Å²) in [5.41, 5.74) is 0. The van der Waals surface area contributed by atoms with Gasteiger partial charge in [-0.25, -0.2) is 4.79 Å². The topological polar surface area (TPSA) is 46.5 Å². The highest BCUT2D eigenvalue weighted by Gasteiger charge is 1.97. The lowest BCUT2D eigenvalue weighted by Gasteiger charge is -2.03. The molecule has 1 N–H and O–H groups in total. The third-order valence-corrected chi connectivity index (χ3v) is 1.43. The van der Waals surface area contributed by atoms with E-state index in [9.17, 15) is 4.79 Å². The van der Waals surface area contributed by atoms with Crippen molar-refractivity contribution in [2.45, 2.75) is 32.3 Å². The zero-order valence-corrected chi connectivity index (χ0v) is 7.45. The van der Waals surface area contributed by atoms with E-state index < -0.39 is 0 Å². The Morgan fingerprint density at radius 3 is 2.83 bits per heavy atom. The lowest BCUT2D eigenvalue weighted by atomic mass is 10.2. The van der Waals surface area contributed by atoms with E-state index in [2.05, 4.69) is 6.58 Å². The highest BCUT2D eigenvalue weighted by molar-refractivity contribution is 5.81. The standard InChI is InChI=1S/C9H16O3/c1-3-9(11)12-7-5-4-6-8(2)10/h3,8,10H,1,4-7H2,2H3/t8-/m1/s1. The monoisotopic (exact) mass is 172 g/mol. The van der Waals surface area contributed by atoms with E-state index in [4.69, 9.17) is 9.84 Å². The molecular formula is C9H16O3. The molecule has 0 unspecified atom stereocenters. The molecule has 3 nitrogen and oxygen atoms in total. The molecule has 0 spiro atoms. The van der Waals surface area contributed by atoms with Gasteiger partial charge in [0, 0.05) is 6.08 Å². The maximum Gasteiger partial charge on any atom is 0.330 e. The van der Waals surface area contributed by atoms with Gasteiger partial charge < -0.3 is 9.84 Å². The number of esters is 1. The van der Waals surface area contributed by atoms with Crippen molar-refractivity contribution in [2.24, 2.45) is 0 Å². The van der Waals surface area contributed by atoms with Crippen molar-refractivity contribution >= 4 is 5.97 Å². The van der Waals surface area contributed by atoms with Crippen LogP contribution in [0.5, 0.6) is 0 Å². The van der Waals surface area contributed by atoms with Gasteiger partial charge in [0.2, 0.25) is 0 Å². The number of hydrogen-bond donors (Lipinski definition) is 1. The number of unbranched alkanes of at least 4 members (excludes halogenated alkanes) is 1. The normalized spacial score (nSPS) is 12.2. The van der Waals surface area contributed by atoms with Crippen molar-refractivity contribution in [3.05, 3.63) is 12.7 Å². The van der Waals surface area contributed by atoms with Crippen molar-refractivity contribution in [3.63, 3.8) is 0 Å². The van der Waals surface area contributed by atoms with E-state index in [-0.39, 0.29) is 12.1 Å². The maximum absolute atomic E-state index is 10.5. The summed E-state index contributed by atoms with van der Waals surface area (Å²) in [6, 6.07) is 0. The van der Waals surface area contributed by atoms with Gasteiger partial charge in [0.05, 0.1) is 12.7 Å². The van der Waals surface area contributed by atoms with Gasteiger partial charge >= 0.3 is 5.97 Å². The maximum atomic E-state index is 10.5. The number of carbonyl (C=O) groups is 1. The van der Waals surface area contributed by atoms with Gasteiger partial charge in [0.25, 0.3) is 0 Å². The first-order chi connectivity index (χ1) is 5.66. The molecule has 0 aromatic rings. The van der Waals surface area contributed by atoms with Gasteiger partial charge in [-0.15, -0.1) is 0 Å². The van der Waals surface area contributed by atoms with E-state index in [1.54, 1.807) is 6.92 Å². The van der Waals surface area contributed by atoms with Crippen LogP contribution in [0.25, 0.3) is 0 Å². The van der Waals surface area contributed by atoms with Crippen LogP contribution in [-0.2, 0) is 9.53 Å². The molecule has 0 aliphatic heterocycles. The second-order valence-electron chi connectivity index (χ2n) is 2.72. The molecule has 0 radical (unpaired) electrons. The molecule has 0 fully saturated rings. The summed E-state index contributed by atoms with van der Waals surface area (Å²) >= 11 is 0. The van der Waals surface area contributed by atoms with Crippen LogP contribution in [0.1, 0.15) is 26.2 Å². The molecule has 0 heterocycles. The molecule has 0 amide bonds. The Balaban J connectivity index is 3.11. The molecule has 0 aromatic heterocycles. The molecule has 0 saturated carbocycles. The van der Waals surface area contributed by atoms with E-state index in [1.165, 1.54) is 0 Å². The van der Waals surface area contributed by atoms with E-state index in [0.29, 0.717) is 6.61 Å². The summed E-state index contributed by atoms with van der Waals surface area (Å²) in [6.45, 7) is 5.43. The smallest absolute Gasteiger partial charge is 0.330 e. The Bertz CT molecular complexity index is 141. The molecule has 1 atom stereocenters. The fourth-order valence-electron chi connectivity index (χ4n) is 0.773. The van der Waals surface area contributed by atoms with Crippen LogP contribution in [0.15, 0.2) is 12.7 Å². The van der Waals surface area contributed by atoms with Gasteiger partial charge in [0.1, 0.15) is 0 Å². The zero-order chi connectivity index (χ0) is 9.40. The van der Waals surface area contributed by atoms with E-state index in [0.717, 1.165) is 25.3 Å². The summed E-state index contributed by atoms with van der Waals surface area (Å²) in [5, 5.41) is 8.88. The zero-order valence-electron chi connectivity index (χ0n) is 7.45. The van der Waals surface area contributed by atoms with Crippen LogP contribution >= 0.6 is 0 Å². The fourth-order valence-corrected chi connectivity index (χ4v) is 0.773. The molecule has 3 heteroatoms. The van der Waals surface area contributed by atoms with Crippen LogP contribution in [0.4, 0.5) is 0 Å². The number of carbonyl (C=O) groups excluding carboxylic acids is 1. The second kappa shape index (κ2) is 6.85. The minimum Gasteiger partial charge on any atom is -0.463 e. The lowest BCUT2D eigenvalue weighted by molar-refractivity contribution is -0.137. The summed E-state index contributed by atoms with van der Waals surface area (Å²) < 4.78 is 4.73. The number of aliphatic hydroxyl groups excluding tert-OH is 1. The molecule has 0 bridgehead atoms. The third kappa shape index (κ3) is 7.28. The number of hydrogen-bond acceptors (Lipinski definition) is 3. The predicted molar refractivity (Wildman–Crippen MR) is 46.7 cm³/mol. The van der Waals surface area contributed by atoms with Crippen LogP contribution < -0.4 is 0 Å². The average Bonchev–Trinajstić information content (AvgIpc) is 2.03. The minimum atomic E-state index is -0.382. The van der Waals surface area contributed by atoms with E-state index >= 15 is 0 Å². The molecule has 0 saturated heterocycles. The highest BCUT2D eigenvalue weighted by atomic mass is 16.5. The Kier molecular flexibility index (Phi) is 6.38. The lowest BCUT2D eigenvalue weighted by Crippen LogP contribution is -2.04. The first-order valence-electron chi connectivity index (χ1n) is 4.14. The Labute approximate surface area is 73.0 Å². The molecule has 0 aliphatic carbocycles. The first-order valence-corrected chi connectivity index (χ1v) is 4.14. The molecule has 0 rings (SSSR count). The minimum absolute atomic E-state index is 0.264. The van der Waals surface area contributed by atoms with Gasteiger partial charge in [-0.1, -0.05) is 6.58 Å². The number of rotatable bonds is 6. The van der Waals surface area contributed by atoms with Crippen molar-refractivity contribution in [3.8, 4) is 0 Å². The molecule has 0 aliphatic rings. The summed E-state index contributed by atoms with van der Waals surface area (Å²) in [6.07, 6.45) is 3.31. The molecular weight excluding hydrogens is 156 g/mol. The van der Waals surface area contributed by atoms with Crippen LogP contribution in [0.3, 0.4) is 0 Å². The van der Waals surface area contributed by atoms with Crippen molar-refractivity contribution in [2.75, 3.05) is 6.61 Å². The quantitative estimate of drug-likeness (QED) is 0.373. The van der Waals surface area contributed by atoms with E-state index in [1.807, 2.05) is 0 Å². The molecule has 70 valence electrons. The van der Waals surface area contributed by atoms with Crippen LogP contribution in [-0.4, -0.2) is 23.8 Å². The first kappa shape index (κ1) is 11.2. The van der Waals surface area contributed by atoms with Crippen molar-refractivity contribution in [1.82, 2.24) is 0 Å². The average molecular weight is 172 g/mol. The van der Waals surface area contributed by atoms with Gasteiger partial charge in [0.15, 0.2) is 0 Å². The SMILES string of the molecule is C=CC(=O)OCCCC[C@@H](C)O. The largest absolute Gasteiger partial charge is 0.463 e. The van der Waals surface area contributed by atoms with Crippen LogP contribution in [0.2, 0.25) is 0 Å². The van der Waals surface area contributed by atoms with Gasteiger partial charge in [-0.2, -0.15) is 0 Å². The molecule has 12 heavy (non-hydrogen) atoms. The molecule has 0 aromatic carbocycles. The second-order valence-corrected chi connectivity index (χ2v) is 2.72. The van der Waals surface area contributed by atoms with Crippen LogP contribution in [0, 0.1) is 0 Å². The Morgan fingerprint density at radius 1 is 1.67 bits per heavy atom. The Hall–Kier alpha value is -0.830. The Morgan fingerprint density at radius 2 is 2.33 bits per heavy atom.